The second kappa shape index (κ2) is 10.5. The third-order valence-corrected chi connectivity index (χ3v) is 4.94. The van der Waals surface area contributed by atoms with Crippen LogP contribution in [0.5, 0.6) is 5.75 Å². The molecule has 0 saturated carbocycles. The Morgan fingerprint density at radius 2 is 2.03 bits per heavy atom. The molecule has 1 aromatic heterocycles. The number of rotatable bonds is 6. The molecule has 0 radical (unpaired) electrons. The number of hydrogen-bond acceptors (Lipinski definition) is 5. The first-order valence-electron chi connectivity index (χ1n) is 9.82. The molecule has 7 nitrogen and oxygen atoms in total. The van der Waals surface area contributed by atoms with E-state index in [4.69, 9.17) is 4.74 Å². The van der Waals surface area contributed by atoms with Gasteiger partial charge in [-0.05, 0) is 35.9 Å². The van der Waals surface area contributed by atoms with Crippen molar-refractivity contribution in [2.75, 3.05) is 25.0 Å². The Morgan fingerprint density at radius 1 is 1.25 bits per heavy atom. The first-order valence-corrected chi connectivity index (χ1v) is 9.82. The summed E-state index contributed by atoms with van der Waals surface area (Å²) in [7, 11) is 1.65. The van der Waals surface area contributed by atoms with Gasteiger partial charge in [0.2, 0.25) is 0 Å². The highest BCUT2D eigenvalue weighted by molar-refractivity contribution is 6.03. The zero-order valence-corrected chi connectivity index (χ0v) is 18.1. The number of ether oxygens (including phenoxy) is 2. The van der Waals surface area contributed by atoms with Gasteiger partial charge in [0, 0.05) is 31.4 Å². The number of amides is 1. The van der Waals surface area contributed by atoms with E-state index in [1.54, 1.807) is 25.2 Å². The van der Waals surface area contributed by atoms with Crippen molar-refractivity contribution in [3.8, 4) is 17.0 Å². The number of carbonyl (C=O) groups is 1. The number of nitrogens with zero attached hydrogens (tertiary/aromatic N) is 2. The fourth-order valence-corrected chi connectivity index (χ4v) is 3.41. The van der Waals surface area contributed by atoms with Crippen LogP contribution >= 0.6 is 12.4 Å². The predicted molar refractivity (Wildman–Crippen MR) is 118 cm³/mol. The molecule has 0 bridgehead atoms. The maximum Gasteiger partial charge on any atom is 0.387 e. The third kappa shape index (κ3) is 5.61. The van der Waals surface area contributed by atoms with Gasteiger partial charge in [0.05, 0.1) is 18.4 Å². The monoisotopic (exact) mass is 464 g/mol. The van der Waals surface area contributed by atoms with Gasteiger partial charge in [-0.1, -0.05) is 24.3 Å². The molecule has 32 heavy (non-hydrogen) atoms. The van der Waals surface area contributed by atoms with Crippen molar-refractivity contribution in [3.63, 3.8) is 0 Å². The fourth-order valence-electron chi connectivity index (χ4n) is 3.41. The summed E-state index contributed by atoms with van der Waals surface area (Å²) in [5.74, 6) is -0.300. The molecule has 10 heteroatoms. The second-order valence-corrected chi connectivity index (χ2v) is 7.08. The van der Waals surface area contributed by atoms with E-state index in [-0.39, 0.29) is 30.2 Å². The zero-order valence-electron chi connectivity index (χ0n) is 17.3. The highest BCUT2D eigenvalue weighted by Gasteiger charge is 2.17. The van der Waals surface area contributed by atoms with Gasteiger partial charge in [0.25, 0.3) is 5.91 Å². The fraction of sp³-hybridized carbons (Fsp3) is 0.273. The van der Waals surface area contributed by atoms with Crippen LogP contribution in [0, 0.1) is 0 Å². The topological polar surface area (TPSA) is 77.4 Å². The SMILES string of the molecule is Cl.Cn1nc(-c2cccc(OC(F)F)c2)cc1C(=O)Nc1ccc(C2CNCCO2)cc1. The number of hydrogen-bond donors (Lipinski definition) is 2. The number of carbonyl (C=O) groups excluding carboxylic acids is 1. The molecule has 170 valence electrons. The van der Waals surface area contributed by atoms with Crippen LogP contribution in [0.3, 0.4) is 0 Å². The molecule has 2 heterocycles. The Kier molecular flexibility index (Phi) is 7.79. The Hall–Kier alpha value is -3.01. The van der Waals surface area contributed by atoms with Gasteiger partial charge in [0.1, 0.15) is 11.4 Å². The lowest BCUT2D eigenvalue weighted by atomic mass is 10.1. The van der Waals surface area contributed by atoms with Gasteiger partial charge in [-0.3, -0.25) is 9.48 Å². The van der Waals surface area contributed by atoms with E-state index in [9.17, 15) is 13.6 Å². The van der Waals surface area contributed by atoms with Crippen molar-refractivity contribution in [2.24, 2.45) is 7.05 Å². The number of aryl methyl sites for hydroxylation is 1. The normalized spacial score (nSPS) is 15.8. The molecule has 1 aliphatic heterocycles. The molecular formula is C22H23ClF2N4O3. The molecule has 1 aliphatic rings. The number of halogens is 3. The van der Waals surface area contributed by atoms with Crippen molar-refractivity contribution >= 4 is 24.0 Å². The average molecular weight is 465 g/mol. The van der Waals surface area contributed by atoms with E-state index in [2.05, 4.69) is 20.5 Å². The largest absolute Gasteiger partial charge is 0.435 e. The van der Waals surface area contributed by atoms with Gasteiger partial charge in [-0.2, -0.15) is 13.9 Å². The molecule has 1 saturated heterocycles. The lowest BCUT2D eigenvalue weighted by molar-refractivity contribution is -0.0498. The average Bonchev–Trinajstić information content (AvgIpc) is 3.16. The lowest BCUT2D eigenvalue weighted by Crippen LogP contribution is -2.33. The Labute approximate surface area is 190 Å². The van der Waals surface area contributed by atoms with Gasteiger partial charge < -0.3 is 20.1 Å². The highest BCUT2D eigenvalue weighted by Crippen LogP contribution is 2.25. The summed E-state index contributed by atoms with van der Waals surface area (Å²) in [5.41, 5.74) is 3.06. The van der Waals surface area contributed by atoms with E-state index in [0.717, 1.165) is 18.7 Å². The van der Waals surface area contributed by atoms with Crippen molar-refractivity contribution < 1.29 is 23.0 Å². The van der Waals surface area contributed by atoms with Crippen LogP contribution in [-0.2, 0) is 11.8 Å². The first-order chi connectivity index (χ1) is 15.0. The van der Waals surface area contributed by atoms with Crippen LogP contribution in [0.25, 0.3) is 11.3 Å². The molecule has 1 unspecified atom stereocenters. The molecule has 0 spiro atoms. The van der Waals surface area contributed by atoms with Crippen molar-refractivity contribution in [1.82, 2.24) is 15.1 Å². The number of benzene rings is 2. The molecule has 3 aromatic rings. The summed E-state index contributed by atoms with van der Waals surface area (Å²) in [6, 6.07) is 15.3. The molecule has 1 atom stereocenters. The van der Waals surface area contributed by atoms with Gasteiger partial charge in [0.15, 0.2) is 0 Å². The van der Waals surface area contributed by atoms with Crippen molar-refractivity contribution in [2.45, 2.75) is 12.7 Å². The summed E-state index contributed by atoms with van der Waals surface area (Å²) in [6.07, 6.45) is 0.00273. The van der Waals surface area contributed by atoms with Crippen LogP contribution in [0.4, 0.5) is 14.5 Å². The summed E-state index contributed by atoms with van der Waals surface area (Å²) in [5, 5.41) is 10.5. The lowest BCUT2D eigenvalue weighted by Gasteiger charge is -2.24. The quantitative estimate of drug-likeness (QED) is 0.576. The zero-order chi connectivity index (χ0) is 21.8. The maximum atomic E-state index is 12.7. The van der Waals surface area contributed by atoms with E-state index in [1.807, 2.05) is 24.3 Å². The second-order valence-electron chi connectivity index (χ2n) is 7.08. The minimum Gasteiger partial charge on any atom is -0.435 e. The highest BCUT2D eigenvalue weighted by atomic mass is 35.5. The summed E-state index contributed by atoms with van der Waals surface area (Å²) in [4.78, 5) is 12.7. The number of morpholine rings is 1. The summed E-state index contributed by atoms with van der Waals surface area (Å²) in [6.45, 7) is -0.635. The number of nitrogens with one attached hydrogen (secondary N) is 2. The van der Waals surface area contributed by atoms with Crippen LogP contribution in [0.1, 0.15) is 22.2 Å². The standard InChI is InChI=1S/C22H22F2N4O3.ClH/c1-28-19(12-18(27-28)15-3-2-4-17(11-15)31-22(23)24)21(29)26-16-7-5-14(6-8-16)20-13-25-9-10-30-20;/h2-8,11-12,20,22,25H,9-10,13H2,1H3,(H,26,29);1H. The van der Waals surface area contributed by atoms with Gasteiger partial charge in [-0.15, -0.1) is 12.4 Å². The van der Waals surface area contributed by atoms with Gasteiger partial charge >= 0.3 is 6.61 Å². The molecular weight excluding hydrogens is 442 g/mol. The predicted octanol–water partition coefficient (Wildman–Crippen LogP) is 4.02. The van der Waals surface area contributed by atoms with E-state index < -0.39 is 6.61 Å². The Balaban J connectivity index is 0.00000289. The van der Waals surface area contributed by atoms with Crippen LogP contribution in [-0.4, -0.2) is 42.0 Å². The molecule has 0 aliphatic carbocycles. The smallest absolute Gasteiger partial charge is 0.387 e. The molecule has 2 aromatic carbocycles. The summed E-state index contributed by atoms with van der Waals surface area (Å²) >= 11 is 0. The number of anilines is 1. The summed E-state index contributed by atoms with van der Waals surface area (Å²) < 4.78 is 36.5. The van der Waals surface area contributed by atoms with E-state index in [1.165, 1.54) is 16.8 Å². The van der Waals surface area contributed by atoms with Crippen LogP contribution in [0.2, 0.25) is 0 Å². The van der Waals surface area contributed by atoms with Crippen LogP contribution < -0.4 is 15.4 Å². The first kappa shape index (κ1) is 23.6. The number of alkyl halides is 2. The Bertz CT molecular complexity index is 1050. The third-order valence-electron chi connectivity index (χ3n) is 4.94. The maximum absolute atomic E-state index is 12.7. The van der Waals surface area contributed by atoms with E-state index >= 15 is 0 Å². The minimum absolute atomic E-state index is 0. The molecule has 4 rings (SSSR count). The van der Waals surface area contributed by atoms with E-state index in [0.29, 0.717) is 29.2 Å². The molecule has 1 amide bonds. The van der Waals surface area contributed by atoms with Crippen molar-refractivity contribution in [1.29, 1.82) is 0 Å². The Morgan fingerprint density at radius 3 is 2.72 bits per heavy atom. The van der Waals surface area contributed by atoms with Crippen molar-refractivity contribution in [3.05, 3.63) is 65.9 Å². The van der Waals surface area contributed by atoms with Crippen LogP contribution in [0.15, 0.2) is 54.6 Å². The molecule has 1 fully saturated rings. The molecule has 2 N–H and O–H groups in total. The minimum atomic E-state index is -2.91. The number of aromatic nitrogens is 2. The van der Waals surface area contributed by atoms with Gasteiger partial charge in [-0.25, -0.2) is 0 Å².